The summed E-state index contributed by atoms with van der Waals surface area (Å²) >= 11 is 0. The molecule has 0 unspecified atom stereocenters. The Kier molecular flexibility index (Phi) is 6.50. The minimum atomic E-state index is 0.782. The molecular weight excluding hydrogens is 573 g/mol. The van der Waals surface area contributed by atoms with Gasteiger partial charge in [-0.25, -0.2) is 0 Å². The highest BCUT2D eigenvalue weighted by atomic mass is 15.0. The Labute approximate surface area is 273 Å². The normalized spacial score (nSPS) is 13.0. The summed E-state index contributed by atoms with van der Waals surface area (Å²) in [6, 6.07) is 46.0. The van der Waals surface area contributed by atoms with Crippen molar-refractivity contribution >= 4 is 43.8 Å². The number of nitrogens with zero attached hydrogens (tertiary/aromatic N) is 3. The zero-order valence-corrected chi connectivity index (χ0v) is 25.6. The summed E-state index contributed by atoms with van der Waals surface area (Å²) in [6.07, 6.45) is 11.8. The van der Waals surface area contributed by atoms with Gasteiger partial charge >= 0.3 is 0 Å². The first kappa shape index (κ1) is 27.1. The Morgan fingerprint density at radius 2 is 1.11 bits per heavy atom. The van der Waals surface area contributed by atoms with Gasteiger partial charge in [0.1, 0.15) is 0 Å². The Balaban J connectivity index is 1.17. The number of hydrogen-bond acceptors (Lipinski definition) is 3. The maximum atomic E-state index is 4.16. The monoisotopic (exact) mass is 602 g/mol. The van der Waals surface area contributed by atoms with Crippen molar-refractivity contribution in [2.75, 3.05) is 6.54 Å². The van der Waals surface area contributed by atoms with Gasteiger partial charge in [0, 0.05) is 58.9 Å². The van der Waals surface area contributed by atoms with Gasteiger partial charge in [0.05, 0.1) is 11.0 Å². The topological polar surface area (TPSA) is 42.7 Å². The van der Waals surface area contributed by atoms with Crippen molar-refractivity contribution in [1.82, 2.24) is 19.9 Å². The van der Waals surface area contributed by atoms with Gasteiger partial charge in [0.2, 0.25) is 0 Å². The molecule has 0 fully saturated rings. The molecule has 0 amide bonds. The van der Waals surface area contributed by atoms with Gasteiger partial charge in [-0.15, -0.1) is 0 Å². The first-order valence-corrected chi connectivity index (χ1v) is 15.9. The van der Waals surface area contributed by atoms with Crippen LogP contribution in [0.3, 0.4) is 0 Å². The van der Waals surface area contributed by atoms with Crippen LogP contribution >= 0.6 is 0 Å². The third kappa shape index (κ3) is 4.79. The molecule has 4 nitrogen and oxygen atoms in total. The summed E-state index contributed by atoms with van der Waals surface area (Å²) in [5, 5.41) is 8.60. The van der Waals surface area contributed by atoms with E-state index in [1.54, 1.807) is 0 Å². The van der Waals surface area contributed by atoms with Gasteiger partial charge in [0.15, 0.2) is 0 Å². The predicted octanol–water partition coefficient (Wildman–Crippen LogP) is 10.1. The molecule has 1 aliphatic rings. The minimum Gasteiger partial charge on any atom is -0.380 e. The van der Waals surface area contributed by atoms with Crippen LogP contribution in [-0.4, -0.2) is 21.1 Å². The van der Waals surface area contributed by atoms with E-state index in [0.29, 0.717) is 0 Å². The van der Waals surface area contributed by atoms with Crippen molar-refractivity contribution in [1.29, 1.82) is 0 Å². The molecule has 0 atom stereocenters. The molecule has 47 heavy (non-hydrogen) atoms. The third-order valence-corrected chi connectivity index (χ3v) is 9.27. The van der Waals surface area contributed by atoms with Crippen molar-refractivity contribution in [2.45, 2.75) is 0 Å². The molecule has 3 aromatic heterocycles. The Hall–Kier alpha value is -6.26. The number of para-hydroxylation sites is 1. The summed E-state index contributed by atoms with van der Waals surface area (Å²) in [4.78, 5) is 8.32. The highest BCUT2D eigenvalue weighted by molar-refractivity contribution is 6.19. The lowest BCUT2D eigenvalue weighted by Crippen LogP contribution is -2.18. The molecule has 222 valence electrons. The number of aromatic nitrogens is 3. The lowest BCUT2D eigenvalue weighted by atomic mass is 9.98. The second-order valence-corrected chi connectivity index (χ2v) is 12.0. The molecule has 0 saturated carbocycles. The molecule has 4 heteroatoms. The van der Waals surface area contributed by atoms with Crippen LogP contribution in [0.4, 0.5) is 0 Å². The molecule has 0 bridgehead atoms. The van der Waals surface area contributed by atoms with Crippen LogP contribution in [-0.2, 0) is 0 Å². The molecule has 5 aromatic carbocycles. The second-order valence-electron chi connectivity index (χ2n) is 12.0. The Bertz CT molecular complexity index is 2470. The number of rotatable bonds is 5. The van der Waals surface area contributed by atoms with Gasteiger partial charge in [-0.05, 0) is 98.9 Å². The Morgan fingerprint density at radius 1 is 0.489 bits per heavy atom. The number of fused-ring (bicyclic) bond motifs is 5. The smallest absolute Gasteiger partial charge is 0.0619 e. The zero-order chi connectivity index (χ0) is 31.2. The zero-order valence-electron chi connectivity index (χ0n) is 25.6. The lowest BCUT2D eigenvalue weighted by Gasteiger charge is -2.18. The molecule has 1 aliphatic heterocycles. The standard InChI is InChI=1S/C43H30N4/c1-2-4-37(5-3-1)47-42-27-33(30-8-6-29(7-9-30)31-18-22-44-23-19-31)10-15-39(42)40-16-11-34-26-35(12-14-38(34)43(40)47)41-17-13-36(28-46-41)32-20-24-45-25-21-32/h1-27,46H,28H2. The molecule has 0 radical (unpaired) electrons. The molecular formula is C43H30N4. The highest BCUT2D eigenvalue weighted by Crippen LogP contribution is 2.39. The van der Waals surface area contributed by atoms with Crippen LogP contribution in [0.5, 0.6) is 0 Å². The number of hydrogen-bond donors (Lipinski definition) is 1. The van der Waals surface area contributed by atoms with Crippen LogP contribution in [0.25, 0.3) is 71.8 Å². The van der Waals surface area contributed by atoms with Crippen molar-refractivity contribution in [3.8, 4) is 27.9 Å². The van der Waals surface area contributed by atoms with Crippen LogP contribution in [0.2, 0.25) is 0 Å². The number of dihydropyridines is 1. The van der Waals surface area contributed by atoms with Crippen molar-refractivity contribution in [3.05, 3.63) is 175 Å². The number of pyridine rings is 2. The van der Waals surface area contributed by atoms with E-state index in [1.807, 2.05) is 36.9 Å². The van der Waals surface area contributed by atoms with E-state index in [2.05, 4.69) is 147 Å². The van der Waals surface area contributed by atoms with E-state index < -0.39 is 0 Å². The van der Waals surface area contributed by atoms with E-state index in [1.165, 1.54) is 71.5 Å². The van der Waals surface area contributed by atoms with E-state index >= 15 is 0 Å². The quantitative estimate of drug-likeness (QED) is 0.213. The number of nitrogens with one attached hydrogen (secondary N) is 1. The lowest BCUT2D eigenvalue weighted by molar-refractivity contribution is 1.01. The number of benzene rings is 5. The largest absolute Gasteiger partial charge is 0.380 e. The molecule has 8 aromatic rings. The van der Waals surface area contributed by atoms with Crippen LogP contribution in [0.1, 0.15) is 11.1 Å². The van der Waals surface area contributed by atoms with Gasteiger partial charge in [-0.2, -0.15) is 0 Å². The van der Waals surface area contributed by atoms with Crippen molar-refractivity contribution in [2.24, 2.45) is 0 Å². The summed E-state index contributed by atoms with van der Waals surface area (Å²) in [6.45, 7) is 0.782. The first-order valence-electron chi connectivity index (χ1n) is 15.9. The molecule has 4 heterocycles. The average Bonchev–Trinajstić information content (AvgIpc) is 3.50. The maximum absolute atomic E-state index is 4.16. The molecule has 9 rings (SSSR count). The van der Waals surface area contributed by atoms with Gasteiger partial charge in [-0.3, -0.25) is 9.97 Å². The fourth-order valence-electron chi connectivity index (χ4n) is 6.88. The average molecular weight is 603 g/mol. The van der Waals surface area contributed by atoms with Crippen molar-refractivity contribution < 1.29 is 0 Å². The van der Waals surface area contributed by atoms with Crippen molar-refractivity contribution in [3.63, 3.8) is 0 Å². The van der Waals surface area contributed by atoms with Gasteiger partial charge in [-0.1, -0.05) is 84.9 Å². The SMILES string of the molecule is C1=C(c2ccncc2)CNC(c2ccc3c(ccc4c5ccc(-c6ccc(-c7ccncc7)cc6)cc5n(-c5ccccc5)c34)c2)=C1. The summed E-state index contributed by atoms with van der Waals surface area (Å²) in [5.74, 6) is 0. The molecule has 0 aliphatic carbocycles. The van der Waals surface area contributed by atoms with Crippen LogP contribution < -0.4 is 5.32 Å². The van der Waals surface area contributed by atoms with Gasteiger partial charge < -0.3 is 9.88 Å². The minimum absolute atomic E-state index is 0.782. The fourth-order valence-corrected chi connectivity index (χ4v) is 6.88. The van der Waals surface area contributed by atoms with E-state index in [9.17, 15) is 0 Å². The summed E-state index contributed by atoms with van der Waals surface area (Å²) in [7, 11) is 0. The Morgan fingerprint density at radius 3 is 1.83 bits per heavy atom. The van der Waals surface area contributed by atoms with E-state index in [0.717, 1.165) is 17.9 Å². The summed E-state index contributed by atoms with van der Waals surface area (Å²) < 4.78 is 2.43. The van der Waals surface area contributed by atoms with Crippen LogP contribution in [0, 0.1) is 0 Å². The third-order valence-electron chi connectivity index (χ3n) is 9.27. The fraction of sp³-hybridized carbons (Fsp3) is 0.0233. The van der Waals surface area contributed by atoms with E-state index in [4.69, 9.17) is 0 Å². The maximum Gasteiger partial charge on any atom is 0.0619 e. The molecule has 0 spiro atoms. The molecule has 1 N–H and O–H groups in total. The van der Waals surface area contributed by atoms with Crippen LogP contribution in [0.15, 0.2) is 164 Å². The second kappa shape index (κ2) is 11.3. The number of allylic oxidation sites excluding steroid dienone is 2. The van der Waals surface area contributed by atoms with E-state index in [-0.39, 0.29) is 0 Å². The summed E-state index contributed by atoms with van der Waals surface area (Å²) in [5.41, 5.74) is 13.1. The first-order chi connectivity index (χ1) is 23.3. The molecule has 0 saturated heterocycles. The predicted molar refractivity (Wildman–Crippen MR) is 195 cm³/mol. The highest BCUT2D eigenvalue weighted by Gasteiger charge is 2.17. The van der Waals surface area contributed by atoms with Gasteiger partial charge in [0.25, 0.3) is 0 Å².